The van der Waals surface area contributed by atoms with Crippen LogP contribution in [0.25, 0.3) is 0 Å². The number of carbonyl (C=O) groups is 1. The van der Waals surface area contributed by atoms with E-state index in [0.717, 1.165) is 18.5 Å². The number of hydrogen-bond acceptors (Lipinski definition) is 5. The molecule has 1 aromatic heterocycles. The number of carbonyl (C=O) groups excluding carboxylic acids is 1. The highest BCUT2D eigenvalue weighted by Gasteiger charge is 2.52. The zero-order valence-corrected chi connectivity index (χ0v) is 16.2. The molecular weight excluding hydrogens is 316 g/mol. The number of aliphatic hydroxyl groups is 1. The third kappa shape index (κ3) is 3.94. The zero-order valence-electron chi connectivity index (χ0n) is 16.2. The van der Waals surface area contributed by atoms with Gasteiger partial charge in [-0.2, -0.15) is 0 Å². The summed E-state index contributed by atoms with van der Waals surface area (Å²) in [6, 6.07) is 1.73. The lowest BCUT2D eigenvalue weighted by Gasteiger charge is -2.53. The number of nitrogens with zero attached hydrogens (tertiary/aromatic N) is 2. The van der Waals surface area contributed by atoms with Crippen LogP contribution >= 0.6 is 0 Å². The molecule has 0 aromatic carbocycles. The van der Waals surface area contributed by atoms with Gasteiger partial charge in [0.15, 0.2) is 5.72 Å². The summed E-state index contributed by atoms with van der Waals surface area (Å²) >= 11 is 0. The number of anilines is 1. The molecule has 136 valence electrons. The number of fused-ring (bicyclic) bond motifs is 1. The minimum absolute atomic E-state index is 0.407. The van der Waals surface area contributed by atoms with Crippen molar-refractivity contribution >= 4 is 27.5 Å². The SMILES string of the molecule is BC1(B)Cc2ncc(N)cc2C(O)(CCCC)N1C(=O)OC(C)(C)C. The number of nitrogens with two attached hydrogens (primary N) is 1. The van der Waals surface area contributed by atoms with E-state index in [1.165, 1.54) is 4.90 Å². The van der Waals surface area contributed by atoms with Crippen molar-refractivity contribution in [2.75, 3.05) is 5.73 Å². The van der Waals surface area contributed by atoms with Gasteiger partial charge in [-0.1, -0.05) is 13.3 Å². The average Bonchev–Trinajstić information content (AvgIpc) is 2.43. The van der Waals surface area contributed by atoms with Crippen LogP contribution in [0.1, 0.15) is 58.2 Å². The predicted molar refractivity (Wildman–Crippen MR) is 104 cm³/mol. The van der Waals surface area contributed by atoms with Gasteiger partial charge in [0.1, 0.15) is 21.3 Å². The second-order valence-electron chi connectivity index (χ2n) is 8.49. The second-order valence-corrected chi connectivity index (χ2v) is 8.49. The van der Waals surface area contributed by atoms with Crippen LogP contribution in [-0.2, 0) is 16.9 Å². The van der Waals surface area contributed by atoms with Gasteiger partial charge in [0.25, 0.3) is 0 Å². The second kappa shape index (κ2) is 6.56. The van der Waals surface area contributed by atoms with Crippen molar-refractivity contribution in [1.29, 1.82) is 0 Å². The van der Waals surface area contributed by atoms with Crippen molar-refractivity contribution in [2.24, 2.45) is 0 Å². The molecule has 1 aromatic rings. The summed E-state index contributed by atoms with van der Waals surface area (Å²) < 4.78 is 5.61. The molecule has 1 aliphatic rings. The van der Waals surface area contributed by atoms with Crippen molar-refractivity contribution in [3.63, 3.8) is 0 Å². The van der Waals surface area contributed by atoms with Crippen molar-refractivity contribution in [3.8, 4) is 0 Å². The number of nitrogen functional groups attached to an aromatic ring is 1. The van der Waals surface area contributed by atoms with E-state index >= 15 is 0 Å². The molecule has 1 atom stereocenters. The molecule has 0 fully saturated rings. The Hall–Kier alpha value is -1.69. The first-order valence-electron chi connectivity index (χ1n) is 8.91. The third-order valence-electron chi connectivity index (χ3n) is 4.45. The molecule has 2 rings (SSSR count). The number of rotatable bonds is 3. The van der Waals surface area contributed by atoms with E-state index < -0.39 is 22.8 Å². The normalized spacial score (nSPS) is 22.4. The Kier molecular flexibility index (Phi) is 5.15. The van der Waals surface area contributed by atoms with Crippen LogP contribution in [0.3, 0.4) is 0 Å². The van der Waals surface area contributed by atoms with Crippen LogP contribution in [0.2, 0.25) is 0 Å². The summed E-state index contributed by atoms with van der Waals surface area (Å²) in [4.78, 5) is 18.9. The smallest absolute Gasteiger partial charge is 0.411 e. The van der Waals surface area contributed by atoms with Gasteiger partial charge in [-0.05, 0) is 51.4 Å². The molecule has 2 heterocycles. The van der Waals surface area contributed by atoms with E-state index in [-0.39, 0.29) is 0 Å². The van der Waals surface area contributed by atoms with Crippen molar-refractivity contribution in [3.05, 3.63) is 23.5 Å². The van der Waals surface area contributed by atoms with Crippen LogP contribution in [0, 0.1) is 0 Å². The summed E-state index contributed by atoms with van der Waals surface area (Å²) in [6.45, 7) is 7.51. The van der Waals surface area contributed by atoms with E-state index in [2.05, 4.69) is 4.98 Å². The highest BCUT2D eigenvalue weighted by molar-refractivity contribution is 6.41. The monoisotopic (exact) mass is 345 g/mol. The zero-order chi connectivity index (χ0) is 19.0. The van der Waals surface area contributed by atoms with Crippen molar-refractivity contribution in [2.45, 2.75) is 70.0 Å². The first-order valence-corrected chi connectivity index (χ1v) is 8.91. The van der Waals surface area contributed by atoms with Crippen LogP contribution in [0.4, 0.5) is 10.5 Å². The van der Waals surface area contributed by atoms with Gasteiger partial charge < -0.3 is 15.6 Å². The number of unbranched alkanes of at least 4 members (excludes halogenated alkanes) is 1. The lowest BCUT2D eigenvalue weighted by atomic mass is 9.55. The van der Waals surface area contributed by atoms with Gasteiger partial charge in [0.2, 0.25) is 0 Å². The van der Waals surface area contributed by atoms with Crippen molar-refractivity contribution < 1.29 is 14.6 Å². The molecule has 0 bridgehead atoms. The maximum Gasteiger partial charge on any atom is 0.411 e. The number of pyridine rings is 1. The van der Waals surface area contributed by atoms with E-state index in [1.807, 2.05) is 43.4 Å². The Bertz CT molecular complexity index is 661. The molecule has 6 nitrogen and oxygen atoms in total. The molecule has 0 aliphatic carbocycles. The third-order valence-corrected chi connectivity index (χ3v) is 4.45. The quantitative estimate of drug-likeness (QED) is 0.788. The Labute approximate surface area is 151 Å². The lowest BCUT2D eigenvalue weighted by Crippen LogP contribution is -2.67. The van der Waals surface area contributed by atoms with Crippen LogP contribution in [0.15, 0.2) is 12.3 Å². The molecule has 1 unspecified atom stereocenters. The number of ether oxygens (including phenoxy) is 1. The summed E-state index contributed by atoms with van der Waals surface area (Å²) in [5.74, 6) is 0. The molecular formula is C17H29B2N3O3. The Morgan fingerprint density at radius 2 is 2.12 bits per heavy atom. The van der Waals surface area contributed by atoms with Gasteiger partial charge in [0.05, 0.1) is 11.9 Å². The maximum atomic E-state index is 13.0. The molecule has 25 heavy (non-hydrogen) atoms. The van der Waals surface area contributed by atoms with Gasteiger partial charge in [-0.25, -0.2) is 4.79 Å². The minimum atomic E-state index is -1.49. The highest BCUT2D eigenvalue weighted by atomic mass is 16.6. The van der Waals surface area contributed by atoms with Crippen LogP contribution in [-0.4, -0.2) is 47.7 Å². The number of hydrogen-bond donors (Lipinski definition) is 2. The molecule has 1 amide bonds. The average molecular weight is 345 g/mol. The fourth-order valence-corrected chi connectivity index (χ4v) is 3.48. The van der Waals surface area contributed by atoms with Gasteiger partial charge in [-0.15, -0.1) is 0 Å². The predicted octanol–water partition coefficient (Wildman–Crippen LogP) is 0.712. The Morgan fingerprint density at radius 3 is 2.68 bits per heavy atom. The molecule has 0 saturated heterocycles. The number of amides is 1. The fraction of sp³-hybridized carbons (Fsp3) is 0.647. The molecule has 3 N–H and O–H groups in total. The largest absolute Gasteiger partial charge is 0.444 e. The van der Waals surface area contributed by atoms with E-state index in [9.17, 15) is 9.90 Å². The van der Waals surface area contributed by atoms with Crippen LogP contribution < -0.4 is 5.73 Å². The summed E-state index contributed by atoms with van der Waals surface area (Å²) in [5, 5.41) is 11.0. The standard InChI is InChI=1S/C17H29B2N3O3/c1-5-6-7-16(24)12-8-11(20)10-21-13(12)9-17(18,19)22(16)14(23)25-15(2,3)4/h8,10,24H,5-7,9,18-20H2,1-4H3. The van der Waals surface area contributed by atoms with Gasteiger partial charge >= 0.3 is 6.09 Å². The molecule has 8 heteroatoms. The summed E-state index contributed by atoms with van der Waals surface area (Å²) in [6.07, 6.45) is 3.67. The molecule has 0 radical (unpaired) electrons. The fourth-order valence-electron chi connectivity index (χ4n) is 3.48. The molecule has 0 saturated carbocycles. The summed E-state index contributed by atoms with van der Waals surface area (Å²) in [7, 11) is 3.85. The lowest BCUT2D eigenvalue weighted by molar-refractivity contribution is -0.139. The van der Waals surface area contributed by atoms with E-state index in [1.54, 1.807) is 12.3 Å². The van der Waals surface area contributed by atoms with E-state index in [4.69, 9.17) is 10.5 Å². The summed E-state index contributed by atoms with van der Waals surface area (Å²) in [5.41, 5.74) is 5.63. The van der Waals surface area contributed by atoms with E-state index in [0.29, 0.717) is 24.1 Å². The van der Waals surface area contributed by atoms with Crippen molar-refractivity contribution in [1.82, 2.24) is 9.88 Å². The highest BCUT2D eigenvalue weighted by Crippen LogP contribution is 2.43. The Morgan fingerprint density at radius 1 is 1.48 bits per heavy atom. The first-order chi connectivity index (χ1) is 11.4. The molecule has 1 aliphatic heterocycles. The topological polar surface area (TPSA) is 88.7 Å². The Balaban J connectivity index is 2.59. The number of aromatic nitrogens is 1. The van der Waals surface area contributed by atoms with Gasteiger partial charge in [-0.3, -0.25) is 9.88 Å². The van der Waals surface area contributed by atoms with Gasteiger partial charge in [0, 0.05) is 11.3 Å². The maximum absolute atomic E-state index is 13.0. The molecule has 0 spiro atoms. The minimum Gasteiger partial charge on any atom is -0.444 e. The van der Waals surface area contributed by atoms with Crippen LogP contribution in [0.5, 0.6) is 0 Å². The first kappa shape index (κ1) is 19.6.